The number of nitrogens with zero attached hydrogens (tertiary/aromatic N) is 5. The Bertz CT molecular complexity index is 1370. The Labute approximate surface area is 215 Å². The van der Waals surface area contributed by atoms with Gasteiger partial charge in [-0.2, -0.15) is 0 Å². The molecule has 4 aromatic rings. The van der Waals surface area contributed by atoms with Crippen LogP contribution in [0.1, 0.15) is 49.8 Å². The first-order chi connectivity index (χ1) is 18.0. The van der Waals surface area contributed by atoms with Gasteiger partial charge < -0.3 is 15.7 Å². The van der Waals surface area contributed by atoms with Gasteiger partial charge in [-0.25, -0.2) is 24.3 Å². The van der Waals surface area contributed by atoms with E-state index in [1.807, 2.05) is 19.2 Å². The summed E-state index contributed by atoms with van der Waals surface area (Å²) in [4.78, 5) is 22.2. The second-order valence-electron chi connectivity index (χ2n) is 9.81. The van der Waals surface area contributed by atoms with Crippen LogP contribution in [-0.4, -0.2) is 49.2 Å². The van der Waals surface area contributed by atoms with Crippen molar-refractivity contribution in [3.8, 4) is 11.4 Å². The second kappa shape index (κ2) is 11.2. The smallest absolute Gasteiger partial charge is 0.167 e. The molecule has 192 valence electrons. The maximum Gasteiger partial charge on any atom is 0.167 e. The molecule has 37 heavy (non-hydrogen) atoms. The fraction of sp³-hybridized carbons (Fsp3) is 0.393. The van der Waals surface area contributed by atoms with Gasteiger partial charge in [0.1, 0.15) is 5.82 Å². The average Bonchev–Trinajstić information content (AvgIpc) is 2.87. The number of β-amino-alcohol motifs (C(OH)–C–C–N with tert-alkyl or cyclic N) is 1. The van der Waals surface area contributed by atoms with Crippen molar-refractivity contribution in [2.45, 2.75) is 51.6 Å². The highest BCUT2D eigenvalue weighted by Gasteiger charge is 2.23. The van der Waals surface area contributed by atoms with Crippen molar-refractivity contribution < 1.29 is 9.50 Å². The normalized spacial score (nSPS) is 19.6. The largest absolute Gasteiger partial charge is 0.392 e. The Hall–Kier alpha value is -3.56. The molecule has 1 aliphatic carbocycles. The molecule has 2 atom stereocenters. The molecule has 6 rings (SSSR count). The summed E-state index contributed by atoms with van der Waals surface area (Å²) in [7, 11) is 0. The monoisotopic (exact) mass is 501 g/mol. The van der Waals surface area contributed by atoms with Crippen molar-refractivity contribution in [1.29, 1.82) is 0 Å². The predicted octanol–water partition coefficient (Wildman–Crippen LogP) is 4.92. The van der Waals surface area contributed by atoms with Gasteiger partial charge in [0, 0.05) is 41.8 Å². The van der Waals surface area contributed by atoms with Gasteiger partial charge in [-0.3, -0.25) is 4.98 Å². The molecule has 2 fully saturated rings. The molecule has 9 heteroatoms. The van der Waals surface area contributed by atoms with Crippen LogP contribution in [-0.2, 0) is 0 Å². The highest BCUT2D eigenvalue weighted by atomic mass is 19.1. The van der Waals surface area contributed by atoms with E-state index in [0.29, 0.717) is 23.5 Å². The van der Waals surface area contributed by atoms with Crippen LogP contribution < -0.4 is 10.6 Å². The van der Waals surface area contributed by atoms with E-state index in [4.69, 9.17) is 15.1 Å². The molecule has 0 bridgehead atoms. The third kappa shape index (κ3) is 5.73. The van der Waals surface area contributed by atoms with E-state index in [0.717, 1.165) is 41.7 Å². The summed E-state index contributed by atoms with van der Waals surface area (Å²) < 4.78 is 13.9. The van der Waals surface area contributed by atoms with Crippen LogP contribution in [0.5, 0.6) is 0 Å². The zero-order valence-corrected chi connectivity index (χ0v) is 21.2. The molecule has 0 spiro atoms. The average molecular weight is 502 g/mol. The van der Waals surface area contributed by atoms with E-state index in [2.05, 4.69) is 32.5 Å². The van der Waals surface area contributed by atoms with Crippen LogP contribution in [0.25, 0.3) is 22.3 Å². The molecule has 0 aromatic carbocycles. The first-order valence-corrected chi connectivity index (χ1v) is 12.8. The predicted molar refractivity (Wildman–Crippen MR) is 142 cm³/mol. The number of halogens is 1. The second-order valence-corrected chi connectivity index (χ2v) is 9.81. The number of piperidine rings is 1. The number of aliphatic hydroxyl groups excluding tert-OH is 1. The molecule has 1 saturated heterocycles. The Morgan fingerprint density at radius 1 is 1.08 bits per heavy atom. The lowest BCUT2D eigenvalue weighted by Crippen LogP contribution is -2.39. The molecule has 1 saturated carbocycles. The van der Waals surface area contributed by atoms with Gasteiger partial charge in [-0.15, -0.1) is 0 Å². The van der Waals surface area contributed by atoms with Crippen LogP contribution in [0, 0.1) is 18.7 Å². The molecular weight excluding hydrogens is 469 g/mol. The van der Waals surface area contributed by atoms with Gasteiger partial charge in [0.15, 0.2) is 17.5 Å². The quantitative estimate of drug-likeness (QED) is 0.362. The van der Waals surface area contributed by atoms with E-state index in [-0.39, 0.29) is 11.9 Å². The minimum absolute atomic E-state index is 0.108. The third-order valence-electron chi connectivity index (χ3n) is 7.17. The van der Waals surface area contributed by atoms with Crippen molar-refractivity contribution in [1.82, 2.24) is 30.2 Å². The minimum Gasteiger partial charge on any atom is -0.392 e. The highest BCUT2D eigenvalue weighted by Crippen LogP contribution is 2.39. The lowest BCUT2D eigenvalue weighted by molar-refractivity contribution is 0.0915. The molecule has 3 N–H and O–H groups in total. The third-order valence-corrected chi connectivity index (χ3v) is 7.17. The van der Waals surface area contributed by atoms with Gasteiger partial charge in [-0.05, 0) is 74.4 Å². The van der Waals surface area contributed by atoms with E-state index in [1.165, 1.54) is 37.1 Å². The zero-order valence-electron chi connectivity index (χ0n) is 21.2. The molecule has 2 unspecified atom stereocenters. The van der Waals surface area contributed by atoms with Gasteiger partial charge in [0.2, 0.25) is 0 Å². The summed E-state index contributed by atoms with van der Waals surface area (Å²) in [6.07, 6.45) is 11.6. The van der Waals surface area contributed by atoms with Gasteiger partial charge in [0.25, 0.3) is 0 Å². The summed E-state index contributed by atoms with van der Waals surface area (Å²) >= 11 is 0. The zero-order chi connectivity index (χ0) is 25.8. The number of aliphatic hydroxyl groups is 1. The number of hydrogen-bond acceptors (Lipinski definition) is 8. The van der Waals surface area contributed by atoms with Crippen LogP contribution in [0.15, 0.2) is 49.1 Å². The van der Waals surface area contributed by atoms with E-state index < -0.39 is 5.82 Å². The molecule has 0 amide bonds. The van der Waals surface area contributed by atoms with E-state index in [1.54, 1.807) is 24.5 Å². The van der Waals surface area contributed by atoms with Crippen molar-refractivity contribution in [3.63, 3.8) is 0 Å². The number of anilines is 2. The Morgan fingerprint density at radius 2 is 1.95 bits per heavy atom. The maximum atomic E-state index is 13.9. The van der Waals surface area contributed by atoms with Crippen molar-refractivity contribution in [2.24, 2.45) is 5.92 Å². The first kappa shape index (κ1) is 25.1. The van der Waals surface area contributed by atoms with Crippen LogP contribution >= 0.6 is 0 Å². The summed E-state index contributed by atoms with van der Waals surface area (Å²) in [5, 5.41) is 16.2. The Kier molecular flexibility index (Phi) is 7.62. The SMILES string of the molecule is CC1CCNCC1O.Cc1nc(-c2ccnc(Nc3ncccc3F)c2)nc2cncc(C3CCC3)c12. The number of rotatable bonds is 4. The fourth-order valence-corrected chi connectivity index (χ4v) is 4.67. The van der Waals surface area contributed by atoms with E-state index in [9.17, 15) is 4.39 Å². The number of aryl methyl sites for hydroxylation is 1. The van der Waals surface area contributed by atoms with Gasteiger partial charge >= 0.3 is 0 Å². The minimum atomic E-state index is -0.438. The van der Waals surface area contributed by atoms with Gasteiger partial charge in [0.05, 0.1) is 17.8 Å². The lowest BCUT2D eigenvalue weighted by Gasteiger charge is -2.26. The number of nitrogens with one attached hydrogen (secondary N) is 2. The molecule has 8 nitrogen and oxygen atoms in total. The maximum absolute atomic E-state index is 13.9. The molecule has 1 aliphatic heterocycles. The van der Waals surface area contributed by atoms with Crippen LogP contribution in [0.4, 0.5) is 16.0 Å². The number of fused-ring (bicyclic) bond motifs is 1. The number of hydrogen-bond donors (Lipinski definition) is 3. The lowest BCUT2D eigenvalue weighted by atomic mass is 9.79. The number of aromatic nitrogens is 5. The van der Waals surface area contributed by atoms with Crippen molar-refractivity contribution in [2.75, 3.05) is 18.4 Å². The summed E-state index contributed by atoms with van der Waals surface area (Å²) in [6, 6.07) is 6.52. The van der Waals surface area contributed by atoms with Crippen LogP contribution in [0.2, 0.25) is 0 Å². The van der Waals surface area contributed by atoms with Crippen LogP contribution in [0.3, 0.4) is 0 Å². The van der Waals surface area contributed by atoms with Crippen molar-refractivity contribution in [3.05, 3.63) is 66.1 Å². The summed E-state index contributed by atoms with van der Waals surface area (Å²) in [6.45, 7) is 5.95. The Morgan fingerprint density at radius 3 is 2.65 bits per heavy atom. The van der Waals surface area contributed by atoms with Gasteiger partial charge in [-0.1, -0.05) is 13.3 Å². The molecule has 0 radical (unpaired) electrons. The molecule has 2 aliphatic rings. The molecular formula is C28H32FN7O. The van der Waals surface area contributed by atoms with E-state index >= 15 is 0 Å². The highest BCUT2D eigenvalue weighted by molar-refractivity contribution is 5.85. The Balaban J connectivity index is 0.000000301. The fourth-order valence-electron chi connectivity index (χ4n) is 4.67. The summed E-state index contributed by atoms with van der Waals surface area (Å²) in [5.41, 5.74) is 3.83. The molecule has 5 heterocycles. The topological polar surface area (TPSA) is 109 Å². The summed E-state index contributed by atoms with van der Waals surface area (Å²) in [5.74, 6) is 1.81. The number of pyridine rings is 3. The standard InChI is InChI=1S/C22H19FN6.C6H13NO/c1-13-20-16(14-4-2-5-14)11-24-12-18(20)28-21(27-13)15-7-9-25-19(10-15)29-22-17(23)6-3-8-26-22;1-5-2-3-7-4-6(5)8/h3,6-12,14H,2,4-5H2,1H3,(H,25,26,29);5-8H,2-4H2,1H3. The first-order valence-electron chi connectivity index (χ1n) is 12.8. The molecule has 4 aromatic heterocycles. The van der Waals surface area contributed by atoms with Crippen molar-refractivity contribution >= 4 is 22.5 Å².